The SMILES string of the molecule is CC(C)Nc1c(C(C)C)sc2ccccc12. The molecule has 1 heterocycles. The second kappa shape index (κ2) is 4.46. The fourth-order valence-corrected chi connectivity index (χ4v) is 3.08. The highest BCUT2D eigenvalue weighted by molar-refractivity contribution is 7.19. The number of rotatable bonds is 3. The molecule has 0 radical (unpaired) electrons. The Bertz CT molecular complexity index is 482. The molecule has 0 aliphatic carbocycles. The van der Waals surface area contributed by atoms with Crippen LogP contribution in [0.4, 0.5) is 5.69 Å². The highest BCUT2D eigenvalue weighted by Gasteiger charge is 2.14. The van der Waals surface area contributed by atoms with Gasteiger partial charge in [-0.05, 0) is 25.8 Å². The standard InChI is InChI=1S/C14H19NS/c1-9(2)14-13(15-10(3)4)11-7-5-6-8-12(11)16-14/h5-10,15H,1-4H3. The van der Waals surface area contributed by atoms with Gasteiger partial charge in [0.1, 0.15) is 0 Å². The van der Waals surface area contributed by atoms with Gasteiger partial charge in [-0.15, -0.1) is 11.3 Å². The first-order chi connectivity index (χ1) is 7.59. The van der Waals surface area contributed by atoms with Gasteiger partial charge in [0.25, 0.3) is 0 Å². The van der Waals surface area contributed by atoms with E-state index in [4.69, 9.17) is 0 Å². The number of fused-ring (bicyclic) bond motifs is 1. The molecule has 1 nitrogen and oxygen atoms in total. The predicted octanol–water partition coefficient (Wildman–Crippen LogP) is 4.85. The summed E-state index contributed by atoms with van der Waals surface area (Å²) < 4.78 is 1.38. The Morgan fingerprint density at radius 2 is 1.75 bits per heavy atom. The van der Waals surface area contributed by atoms with Crippen LogP contribution in [0.15, 0.2) is 24.3 Å². The molecule has 86 valence electrons. The number of hydrogen-bond acceptors (Lipinski definition) is 2. The fourth-order valence-electron chi connectivity index (χ4n) is 1.91. The third kappa shape index (κ3) is 2.07. The van der Waals surface area contributed by atoms with E-state index in [0.29, 0.717) is 12.0 Å². The summed E-state index contributed by atoms with van der Waals surface area (Å²) in [7, 11) is 0. The molecule has 1 aromatic heterocycles. The molecule has 2 rings (SSSR count). The van der Waals surface area contributed by atoms with Gasteiger partial charge in [0.2, 0.25) is 0 Å². The molecule has 0 saturated heterocycles. The van der Waals surface area contributed by atoms with Crippen molar-refractivity contribution < 1.29 is 0 Å². The van der Waals surface area contributed by atoms with E-state index in [0.717, 1.165) is 0 Å². The van der Waals surface area contributed by atoms with Crippen LogP contribution in [0.3, 0.4) is 0 Å². The molecule has 0 unspecified atom stereocenters. The van der Waals surface area contributed by atoms with E-state index in [-0.39, 0.29) is 0 Å². The van der Waals surface area contributed by atoms with Gasteiger partial charge in [0.05, 0.1) is 5.69 Å². The van der Waals surface area contributed by atoms with Crippen LogP contribution < -0.4 is 5.32 Å². The first-order valence-electron chi connectivity index (χ1n) is 5.87. The minimum absolute atomic E-state index is 0.482. The van der Waals surface area contributed by atoms with Crippen LogP contribution in [0.2, 0.25) is 0 Å². The fraction of sp³-hybridized carbons (Fsp3) is 0.429. The molecule has 0 aliphatic rings. The summed E-state index contributed by atoms with van der Waals surface area (Å²) in [5.74, 6) is 0.582. The summed E-state index contributed by atoms with van der Waals surface area (Å²) in [6, 6.07) is 9.13. The molecule has 2 aromatic rings. The van der Waals surface area contributed by atoms with E-state index in [9.17, 15) is 0 Å². The first kappa shape index (κ1) is 11.5. The largest absolute Gasteiger partial charge is 0.381 e. The second-order valence-electron chi connectivity index (χ2n) is 4.79. The molecular formula is C14H19NS. The minimum atomic E-state index is 0.482. The van der Waals surface area contributed by atoms with Gasteiger partial charge < -0.3 is 5.32 Å². The zero-order valence-electron chi connectivity index (χ0n) is 10.4. The zero-order chi connectivity index (χ0) is 11.7. The Kier molecular flexibility index (Phi) is 3.20. The van der Waals surface area contributed by atoms with E-state index in [1.165, 1.54) is 20.7 Å². The number of thiophene rings is 1. The van der Waals surface area contributed by atoms with E-state index in [2.05, 4.69) is 57.3 Å². The Morgan fingerprint density at radius 3 is 2.38 bits per heavy atom. The maximum atomic E-state index is 3.59. The minimum Gasteiger partial charge on any atom is -0.381 e. The summed E-state index contributed by atoms with van der Waals surface area (Å²) in [5, 5.41) is 4.95. The summed E-state index contributed by atoms with van der Waals surface area (Å²) in [5.41, 5.74) is 1.34. The molecular weight excluding hydrogens is 214 g/mol. The van der Waals surface area contributed by atoms with Crippen molar-refractivity contribution >= 4 is 27.1 Å². The lowest BCUT2D eigenvalue weighted by atomic mass is 10.1. The molecule has 0 fully saturated rings. The summed E-state index contributed by atoms with van der Waals surface area (Å²) >= 11 is 1.91. The van der Waals surface area contributed by atoms with Crippen LogP contribution in [0.25, 0.3) is 10.1 Å². The quantitative estimate of drug-likeness (QED) is 0.799. The van der Waals surface area contributed by atoms with Crippen LogP contribution in [0.1, 0.15) is 38.5 Å². The van der Waals surface area contributed by atoms with Crippen molar-refractivity contribution in [2.24, 2.45) is 0 Å². The lowest BCUT2D eigenvalue weighted by molar-refractivity contribution is 0.866. The van der Waals surface area contributed by atoms with Crippen LogP contribution in [-0.2, 0) is 0 Å². The Hall–Kier alpha value is -1.02. The molecule has 0 bridgehead atoms. The van der Waals surface area contributed by atoms with E-state index < -0.39 is 0 Å². The third-order valence-electron chi connectivity index (χ3n) is 2.58. The topological polar surface area (TPSA) is 12.0 Å². The summed E-state index contributed by atoms with van der Waals surface area (Å²) in [6.07, 6.45) is 0. The number of anilines is 1. The highest BCUT2D eigenvalue weighted by Crippen LogP contribution is 2.40. The lowest BCUT2D eigenvalue weighted by Gasteiger charge is -2.13. The average molecular weight is 233 g/mol. The summed E-state index contributed by atoms with van der Waals surface area (Å²) in [6.45, 7) is 8.90. The smallest absolute Gasteiger partial charge is 0.0566 e. The van der Waals surface area contributed by atoms with E-state index in [1.807, 2.05) is 11.3 Å². The normalized spacial score (nSPS) is 11.6. The number of nitrogens with one attached hydrogen (secondary N) is 1. The molecule has 1 aromatic carbocycles. The summed E-state index contributed by atoms with van der Waals surface area (Å²) in [4.78, 5) is 1.47. The van der Waals surface area contributed by atoms with Crippen molar-refractivity contribution in [2.45, 2.75) is 39.7 Å². The van der Waals surface area contributed by atoms with Gasteiger partial charge in [-0.25, -0.2) is 0 Å². The van der Waals surface area contributed by atoms with Crippen molar-refractivity contribution in [1.29, 1.82) is 0 Å². The first-order valence-corrected chi connectivity index (χ1v) is 6.69. The van der Waals surface area contributed by atoms with Gasteiger partial charge >= 0.3 is 0 Å². The molecule has 2 heteroatoms. The molecule has 0 amide bonds. The lowest BCUT2D eigenvalue weighted by Crippen LogP contribution is -2.10. The van der Waals surface area contributed by atoms with E-state index >= 15 is 0 Å². The molecule has 16 heavy (non-hydrogen) atoms. The molecule has 0 saturated carbocycles. The van der Waals surface area contributed by atoms with Crippen molar-refractivity contribution in [2.75, 3.05) is 5.32 Å². The van der Waals surface area contributed by atoms with Gasteiger partial charge in [-0.2, -0.15) is 0 Å². The third-order valence-corrected chi connectivity index (χ3v) is 4.05. The van der Waals surface area contributed by atoms with Crippen molar-refractivity contribution in [3.05, 3.63) is 29.1 Å². The van der Waals surface area contributed by atoms with Crippen LogP contribution in [-0.4, -0.2) is 6.04 Å². The van der Waals surface area contributed by atoms with Crippen molar-refractivity contribution in [3.63, 3.8) is 0 Å². The molecule has 0 atom stereocenters. The van der Waals surface area contributed by atoms with E-state index in [1.54, 1.807) is 0 Å². The zero-order valence-corrected chi connectivity index (χ0v) is 11.2. The Balaban J connectivity index is 2.60. The Labute approximate surface area is 101 Å². The van der Waals surface area contributed by atoms with Crippen molar-refractivity contribution in [1.82, 2.24) is 0 Å². The maximum Gasteiger partial charge on any atom is 0.0566 e. The molecule has 0 aliphatic heterocycles. The Morgan fingerprint density at radius 1 is 1.06 bits per heavy atom. The molecule has 1 N–H and O–H groups in total. The van der Waals surface area contributed by atoms with Crippen LogP contribution in [0, 0.1) is 0 Å². The average Bonchev–Trinajstić information content (AvgIpc) is 2.57. The molecule has 0 spiro atoms. The van der Waals surface area contributed by atoms with Crippen LogP contribution >= 0.6 is 11.3 Å². The highest BCUT2D eigenvalue weighted by atomic mass is 32.1. The van der Waals surface area contributed by atoms with Gasteiger partial charge in [-0.3, -0.25) is 0 Å². The second-order valence-corrected chi connectivity index (χ2v) is 5.87. The maximum absolute atomic E-state index is 3.59. The number of benzene rings is 1. The predicted molar refractivity (Wildman–Crippen MR) is 74.7 cm³/mol. The van der Waals surface area contributed by atoms with Gasteiger partial charge in [0.15, 0.2) is 0 Å². The monoisotopic (exact) mass is 233 g/mol. The number of hydrogen-bond donors (Lipinski definition) is 1. The van der Waals surface area contributed by atoms with Crippen molar-refractivity contribution in [3.8, 4) is 0 Å². The van der Waals surface area contributed by atoms with Gasteiger partial charge in [-0.1, -0.05) is 32.0 Å². The van der Waals surface area contributed by atoms with Crippen LogP contribution in [0.5, 0.6) is 0 Å². The van der Waals surface area contributed by atoms with Gasteiger partial charge in [0, 0.05) is 21.0 Å².